The molecule has 0 saturated heterocycles. The van der Waals surface area contributed by atoms with E-state index in [1.165, 1.54) is 16.6 Å². The van der Waals surface area contributed by atoms with Crippen LogP contribution in [0.15, 0.2) is 0 Å². The predicted octanol–water partition coefficient (Wildman–Crippen LogP) is -1.76. The molecule has 0 spiro atoms. The third-order valence-electron chi connectivity index (χ3n) is 3.44. The van der Waals surface area contributed by atoms with Crippen LogP contribution in [-0.4, -0.2) is 32.7 Å². The van der Waals surface area contributed by atoms with Crippen molar-refractivity contribution < 1.29 is 24.0 Å². The summed E-state index contributed by atoms with van der Waals surface area (Å²) in [5, 5.41) is 21.6. The van der Waals surface area contributed by atoms with Gasteiger partial charge in [-0.2, -0.15) is 0 Å². The van der Waals surface area contributed by atoms with Gasteiger partial charge in [0.25, 0.3) is 0 Å². The second kappa shape index (κ2) is 7.70. The molecule has 0 aromatic heterocycles. The van der Waals surface area contributed by atoms with Crippen LogP contribution in [-0.2, 0) is 9.59 Å². The Bertz CT molecular complexity index is 267. The average molecular weight is 256 g/mol. The van der Waals surface area contributed by atoms with Gasteiger partial charge in [0, 0.05) is 23.8 Å². The molecule has 94 valence electrons. The summed E-state index contributed by atoms with van der Waals surface area (Å²) in [5.74, 6) is -3.60. The molecule has 1 saturated carbocycles. The fourth-order valence-corrected chi connectivity index (χ4v) is 2.35. The molecule has 17 heavy (non-hydrogen) atoms. The Labute approximate surface area is 110 Å². The number of rotatable bonds is 3. The third kappa shape index (κ3) is 4.66. The van der Waals surface area contributed by atoms with Gasteiger partial charge in [-0.1, -0.05) is 13.8 Å². The molecule has 5 nitrogen and oxygen atoms in total. The molecule has 0 heterocycles. The maximum absolute atomic E-state index is 10.8. The van der Waals surface area contributed by atoms with E-state index in [9.17, 15) is 19.8 Å². The van der Waals surface area contributed by atoms with Crippen LogP contribution in [0.4, 0.5) is 0 Å². The van der Waals surface area contributed by atoms with E-state index in [-0.39, 0.29) is 5.92 Å². The Morgan fingerprint density at radius 1 is 1.12 bits per heavy atom. The van der Waals surface area contributed by atoms with Gasteiger partial charge in [-0.25, -0.2) is 0 Å². The fraction of sp³-hybridized carbons (Fsp3) is 0.818. The third-order valence-corrected chi connectivity index (χ3v) is 3.44. The molecule has 1 aliphatic rings. The molecule has 1 rings (SSSR count). The van der Waals surface area contributed by atoms with Crippen molar-refractivity contribution in [3.63, 3.8) is 0 Å². The van der Waals surface area contributed by atoms with Gasteiger partial charge in [0.15, 0.2) is 0 Å². The quantitative estimate of drug-likeness (QED) is 0.603. The van der Waals surface area contributed by atoms with Crippen molar-refractivity contribution in [2.45, 2.75) is 33.1 Å². The monoisotopic (exact) mass is 256 g/mol. The van der Waals surface area contributed by atoms with Gasteiger partial charge < -0.3 is 19.8 Å². The summed E-state index contributed by atoms with van der Waals surface area (Å²) in [6, 6.07) is 0. The Morgan fingerprint density at radius 2 is 1.59 bits per heavy atom. The van der Waals surface area contributed by atoms with Crippen LogP contribution in [0.25, 0.3) is 0 Å². The van der Waals surface area contributed by atoms with Crippen molar-refractivity contribution in [3.8, 4) is 0 Å². The van der Waals surface area contributed by atoms with Crippen LogP contribution in [0, 0.1) is 23.7 Å². The number of carboxylic acid groups (broad SMARTS) is 2. The summed E-state index contributed by atoms with van der Waals surface area (Å²) in [6.45, 7) is 4.05. The maximum atomic E-state index is 10.8. The van der Waals surface area contributed by atoms with Crippen LogP contribution in [0.5, 0.6) is 0 Å². The van der Waals surface area contributed by atoms with Gasteiger partial charge in [0.2, 0.25) is 0 Å². The molecule has 1 aliphatic carbocycles. The van der Waals surface area contributed by atoms with Crippen molar-refractivity contribution in [1.82, 2.24) is 0 Å². The molecule has 0 bridgehead atoms. The first-order valence-corrected chi connectivity index (χ1v) is 6.12. The zero-order valence-electron chi connectivity index (χ0n) is 10.1. The minimum atomic E-state index is -1.26. The molecular weight excluding hydrogens is 239 g/mol. The molecule has 0 aliphatic heterocycles. The van der Waals surface area contributed by atoms with Gasteiger partial charge >= 0.3 is 20.8 Å². The van der Waals surface area contributed by atoms with E-state index in [1.807, 2.05) is 13.8 Å². The summed E-state index contributed by atoms with van der Waals surface area (Å²) in [7, 11) is 0. The van der Waals surface area contributed by atoms with E-state index >= 15 is 0 Å². The first-order chi connectivity index (χ1) is 7.93. The molecule has 3 atom stereocenters. The minimum absolute atomic E-state index is 0.281. The molecule has 3 unspecified atom stereocenters. The second-order valence-corrected chi connectivity index (χ2v) is 4.67. The van der Waals surface area contributed by atoms with E-state index in [4.69, 9.17) is 4.16 Å². The van der Waals surface area contributed by atoms with Gasteiger partial charge in [-0.3, -0.25) is 0 Å². The standard InChI is InChI=1S/C11H18O4.Al.H2O/c1-6(2)7-3-4-8(10(12)13)9(5-7)11(14)15;;/h6-9H,3-5H2,1-2H3,(H,12,13)(H,14,15);;1H2/q;+3;/p-3. The molecular formula is C11H17AlO5. The van der Waals surface area contributed by atoms with Crippen molar-refractivity contribution in [3.05, 3.63) is 0 Å². The average Bonchev–Trinajstić information content (AvgIpc) is 2.30. The Hall–Kier alpha value is -0.568. The van der Waals surface area contributed by atoms with Gasteiger partial charge in [-0.15, -0.1) is 0 Å². The van der Waals surface area contributed by atoms with Crippen molar-refractivity contribution in [1.29, 1.82) is 0 Å². The van der Waals surface area contributed by atoms with Crippen molar-refractivity contribution >= 4 is 28.6 Å². The number of aliphatic carboxylic acids is 2. The Balaban J connectivity index is 0.00000121. The number of carboxylic acids is 2. The topological polar surface area (TPSA) is 100 Å². The van der Waals surface area contributed by atoms with E-state index in [2.05, 4.69) is 0 Å². The number of carbonyl (C=O) groups excluding carboxylic acids is 2. The van der Waals surface area contributed by atoms with E-state index in [1.54, 1.807) is 0 Å². The van der Waals surface area contributed by atoms with E-state index in [0.717, 1.165) is 6.42 Å². The zero-order valence-corrected chi connectivity index (χ0v) is 11.2. The fourth-order valence-electron chi connectivity index (χ4n) is 2.35. The first kappa shape index (κ1) is 16.4. The molecule has 0 aromatic rings. The summed E-state index contributed by atoms with van der Waals surface area (Å²) in [6.07, 6.45) is 1.56. The summed E-state index contributed by atoms with van der Waals surface area (Å²) < 4.78 is 6.92. The Morgan fingerprint density at radius 3 is 1.94 bits per heavy atom. The van der Waals surface area contributed by atoms with Gasteiger partial charge in [0.1, 0.15) is 0 Å². The van der Waals surface area contributed by atoms with Crippen LogP contribution < -0.4 is 10.2 Å². The number of hydrogen-bond acceptors (Lipinski definition) is 5. The molecule has 6 heteroatoms. The molecule has 0 aromatic carbocycles. The number of carbonyl (C=O) groups is 2. The number of hydrogen-bond donors (Lipinski definition) is 1. The molecule has 1 N–H and O–H groups in total. The van der Waals surface area contributed by atoms with Crippen molar-refractivity contribution in [2.75, 3.05) is 0 Å². The van der Waals surface area contributed by atoms with E-state index < -0.39 is 23.8 Å². The van der Waals surface area contributed by atoms with Crippen LogP contribution in [0.1, 0.15) is 33.1 Å². The SMILES string of the molecule is CC(C)C1CCC(C(=O)[O-])C(C(=O)[O-])C1.[OH][Al+2]. The molecule has 0 amide bonds. The summed E-state index contributed by atoms with van der Waals surface area (Å²) >= 11 is 1.42. The zero-order chi connectivity index (χ0) is 13.6. The van der Waals surface area contributed by atoms with Crippen LogP contribution in [0.3, 0.4) is 0 Å². The Kier molecular flexibility index (Phi) is 7.44. The predicted molar refractivity (Wildman–Crippen MR) is 57.1 cm³/mol. The van der Waals surface area contributed by atoms with E-state index in [0.29, 0.717) is 18.8 Å². The normalized spacial score (nSPS) is 28.2. The van der Waals surface area contributed by atoms with Gasteiger partial charge in [0.05, 0.1) is 0 Å². The summed E-state index contributed by atoms with van der Waals surface area (Å²) in [4.78, 5) is 21.6. The van der Waals surface area contributed by atoms with Gasteiger partial charge in [-0.05, 0) is 31.1 Å². The van der Waals surface area contributed by atoms with Crippen LogP contribution >= 0.6 is 0 Å². The first-order valence-electron chi connectivity index (χ1n) is 5.61. The van der Waals surface area contributed by atoms with Crippen molar-refractivity contribution in [2.24, 2.45) is 23.7 Å². The molecule has 0 radical (unpaired) electrons. The van der Waals surface area contributed by atoms with Crippen LogP contribution in [0.2, 0.25) is 0 Å². The second-order valence-electron chi connectivity index (χ2n) is 4.67. The summed E-state index contributed by atoms with van der Waals surface area (Å²) in [5.41, 5.74) is 0. The molecule has 1 fully saturated rings.